The van der Waals surface area contributed by atoms with Gasteiger partial charge in [0.05, 0.1) is 18.1 Å². The number of nitro groups is 1. The maximum Gasteiger partial charge on any atom is 0.295 e. The van der Waals surface area contributed by atoms with Gasteiger partial charge in [-0.15, -0.1) is 0 Å². The minimum absolute atomic E-state index is 0.0141. The fourth-order valence-electron chi connectivity index (χ4n) is 1.61. The summed E-state index contributed by atoms with van der Waals surface area (Å²) in [6.45, 7) is 4.26. The van der Waals surface area contributed by atoms with Crippen LogP contribution in [-0.4, -0.2) is 31.7 Å². The van der Waals surface area contributed by atoms with Crippen LogP contribution in [0.4, 0.5) is 15.8 Å². The number of hydrogen-bond acceptors (Lipinski definition) is 5. The van der Waals surface area contributed by atoms with E-state index in [0.29, 0.717) is 6.54 Å². The quantitative estimate of drug-likeness (QED) is 0.430. The third-order valence-corrected chi connectivity index (χ3v) is 2.56. The lowest BCUT2D eigenvalue weighted by molar-refractivity contribution is -0.384. The van der Waals surface area contributed by atoms with Gasteiger partial charge in [-0.3, -0.25) is 10.1 Å². The van der Waals surface area contributed by atoms with E-state index in [2.05, 4.69) is 10.6 Å². The highest BCUT2D eigenvalue weighted by molar-refractivity contribution is 5.64. The van der Waals surface area contributed by atoms with Gasteiger partial charge in [0.2, 0.25) is 0 Å². The lowest BCUT2D eigenvalue weighted by Crippen LogP contribution is -2.17. The zero-order valence-electron chi connectivity index (χ0n) is 11.0. The molecule has 6 nitrogen and oxygen atoms in total. The normalized spacial score (nSPS) is 10.3. The average Bonchev–Trinajstić information content (AvgIpc) is 2.39. The second-order valence-corrected chi connectivity index (χ2v) is 3.89. The summed E-state index contributed by atoms with van der Waals surface area (Å²) in [7, 11) is 1.32. The van der Waals surface area contributed by atoms with E-state index in [1.54, 1.807) is 0 Å². The predicted octanol–water partition coefficient (Wildman–Crippen LogP) is 2.15. The van der Waals surface area contributed by atoms with Gasteiger partial charge in [-0.25, -0.2) is 4.39 Å². The molecule has 0 aromatic heterocycles. The first kappa shape index (κ1) is 15.2. The Morgan fingerprint density at radius 1 is 1.42 bits per heavy atom. The Hall–Kier alpha value is -1.89. The fourth-order valence-corrected chi connectivity index (χ4v) is 1.61. The molecular formula is C12H18FN3O3. The summed E-state index contributed by atoms with van der Waals surface area (Å²) in [4.78, 5) is 10.2. The van der Waals surface area contributed by atoms with Gasteiger partial charge in [0.25, 0.3) is 5.69 Å². The predicted molar refractivity (Wildman–Crippen MR) is 71.3 cm³/mol. The summed E-state index contributed by atoms with van der Waals surface area (Å²) >= 11 is 0. The molecule has 0 radical (unpaired) electrons. The summed E-state index contributed by atoms with van der Waals surface area (Å²) in [5.74, 6) is -0.757. The molecular weight excluding hydrogens is 253 g/mol. The Balaban J connectivity index is 2.76. The van der Waals surface area contributed by atoms with Crippen molar-refractivity contribution in [3.63, 3.8) is 0 Å². The van der Waals surface area contributed by atoms with Crippen molar-refractivity contribution in [1.82, 2.24) is 5.32 Å². The molecule has 0 saturated heterocycles. The van der Waals surface area contributed by atoms with Crippen LogP contribution in [0.2, 0.25) is 0 Å². The van der Waals surface area contributed by atoms with Gasteiger partial charge in [0.1, 0.15) is 5.69 Å². The van der Waals surface area contributed by atoms with Crippen LogP contribution in [-0.2, 0) is 0 Å². The van der Waals surface area contributed by atoms with Gasteiger partial charge < -0.3 is 15.4 Å². The minimum atomic E-state index is -0.743. The Labute approximate surface area is 111 Å². The highest BCUT2D eigenvalue weighted by atomic mass is 19.1. The molecule has 0 saturated carbocycles. The first-order chi connectivity index (χ1) is 9.10. The van der Waals surface area contributed by atoms with E-state index in [1.807, 2.05) is 6.92 Å². The third-order valence-electron chi connectivity index (χ3n) is 2.56. The second-order valence-electron chi connectivity index (χ2n) is 3.89. The van der Waals surface area contributed by atoms with Crippen molar-refractivity contribution in [1.29, 1.82) is 0 Å². The van der Waals surface area contributed by atoms with Crippen molar-refractivity contribution in [2.45, 2.75) is 13.3 Å². The number of nitro benzene ring substituents is 1. The van der Waals surface area contributed by atoms with Crippen molar-refractivity contribution in [2.75, 3.05) is 32.1 Å². The molecule has 0 heterocycles. The molecule has 19 heavy (non-hydrogen) atoms. The van der Waals surface area contributed by atoms with E-state index in [0.717, 1.165) is 25.6 Å². The standard InChI is InChI=1S/C12H18FN3O3/c1-3-14-5-4-6-15-10-8-12(19-2)9(13)7-11(10)16(17)18/h7-8,14-15H,3-6H2,1-2H3. The summed E-state index contributed by atoms with van der Waals surface area (Å²) in [6.07, 6.45) is 0.810. The van der Waals surface area contributed by atoms with Gasteiger partial charge in [-0.2, -0.15) is 0 Å². The van der Waals surface area contributed by atoms with E-state index < -0.39 is 10.7 Å². The van der Waals surface area contributed by atoms with E-state index in [1.165, 1.54) is 13.2 Å². The summed E-state index contributed by atoms with van der Waals surface area (Å²) in [5, 5.41) is 16.9. The van der Waals surface area contributed by atoms with Crippen molar-refractivity contribution in [2.24, 2.45) is 0 Å². The number of nitrogens with one attached hydrogen (secondary N) is 2. The maximum absolute atomic E-state index is 13.4. The lowest BCUT2D eigenvalue weighted by Gasteiger charge is -2.09. The second kappa shape index (κ2) is 7.52. The minimum Gasteiger partial charge on any atom is -0.494 e. The van der Waals surface area contributed by atoms with Gasteiger partial charge in [0, 0.05) is 12.6 Å². The maximum atomic E-state index is 13.4. The van der Waals surface area contributed by atoms with E-state index in [-0.39, 0.29) is 17.1 Å². The Bertz CT molecular complexity index is 440. The van der Waals surface area contributed by atoms with E-state index in [9.17, 15) is 14.5 Å². The van der Waals surface area contributed by atoms with Crippen molar-refractivity contribution in [3.05, 3.63) is 28.1 Å². The molecule has 0 fully saturated rings. The molecule has 0 bridgehead atoms. The molecule has 0 aliphatic rings. The van der Waals surface area contributed by atoms with Crippen LogP contribution in [0.15, 0.2) is 12.1 Å². The van der Waals surface area contributed by atoms with Crippen LogP contribution in [0.3, 0.4) is 0 Å². The summed E-state index contributed by atoms with van der Waals surface area (Å²) in [6, 6.07) is 2.17. The van der Waals surface area contributed by atoms with Crippen LogP contribution in [0.1, 0.15) is 13.3 Å². The molecule has 1 aromatic rings. The largest absolute Gasteiger partial charge is 0.494 e. The summed E-state index contributed by atoms with van der Waals surface area (Å²) < 4.78 is 18.2. The SMILES string of the molecule is CCNCCCNc1cc(OC)c(F)cc1[N+](=O)[O-]. The highest BCUT2D eigenvalue weighted by Gasteiger charge is 2.18. The number of nitrogens with zero attached hydrogens (tertiary/aromatic N) is 1. The van der Waals surface area contributed by atoms with E-state index in [4.69, 9.17) is 4.74 Å². The first-order valence-corrected chi connectivity index (χ1v) is 6.06. The third kappa shape index (κ3) is 4.36. The fraction of sp³-hybridized carbons (Fsp3) is 0.500. The van der Waals surface area contributed by atoms with Gasteiger partial charge >= 0.3 is 0 Å². The van der Waals surface area contributed by atoms with Crippen LogP contribution >= 0.6 is 0 Å². The first-order valence-electron chi connectivity index (χ1n) is 6.06. The van der Waals surface area contributed by atoms with Crippen molar-refractivity contribution >= 4 is 11.4 Å². The number of methoxy groups -OCH3 is 1. The number of ether oxygens (including phenoxy) is 1. The van der Waals surface area contributed by atoms with Crippen molar-refractivity contribution in [3.8, 4) is 5.75 Å². The number of halogens is 1. The number of benzene rings is 1. The molecule has 1 rings (SSSR count). The molecule has 0 amide bonds. The molecule has 1 aromatic carbocycles. The zero-order valence-corrected chi connectivity index (χ0v) is 11.0. The Kier molecular flexibility index (Phi) is 6.01. The molecule has 7 heteroatoms. The lowest BCUT2D eigenvalue weighted by atomic mass is 10.2. The topological polar surface area (TPSA) is 76.4 Å². The highest BCUT2D eigenvalue weighted by Crippen LogP contribution is 2.31. The Morgan fingerprint density at radius 3 is 2.74 bits per heavy atom. The molecule has 0 atom stereocenters. The summed E-state index contributed by atoms with van der Waals surface area (Å²) in [5.41, 5.74) is -0.0264. The zero-order chi connectivity index (χ0) is 14.3. The van der Waals surface area contributed by atoms with Gasteiger partial charge in [-0.1, -0.05) is 6.92 Å². The van der Waals surface area contributed by atoms with Crippen LogP contribution < -0.4 is 15.4 Å². The molecule has 0 unspecified atom stereocenters. The molecule has 0 aliphatic heterocycles. The molecule has 106 valence electrons. The molecule has 0 spiro atoms. The number of rotatable bonds is 8. The van der Waals surface area contributed by atoms with Crippen molar-refractivity contribution < 1.29 is 14.1 Å². The smallest absolute Gasteiger partial charge is 0.295 e. The van der Waals surface area contributed by atoms with E-state index >= 15 is 0 Å². The number of anilines is 1. The molecule has 2 N–H and O–H groups in total. The van der Waals surface area contributed by atoms with Crippen LogP contribution in [0.25, 0.3) is 0 Å². The molecule has 0 aliphatic carbocycles. The Morgan fingerprint density at radius 2 is 2.16 bits per heavy atom. The van der Waals surface area contributed by atoms with Gasteiger partial charge in [-0.05, 0) is 19.5 Å². The number of hydrogen-bond donors (Lipinski definition) is 2. The van der Waals surface area contributed by atoms with Crippen LogP contribution in [0, 0.1) is 15.9 Å². The van der Waals surface area contributed by atoms with Crippen LogP contribution in [0.5, 0.6) is 5.75 Å². The average molecular weight is 271 g/mol. The van der Waals surface area contributed by atoms with Gasteiger partial charge in [0.15, 0.2) is 11.6 Å². The monoisotopic (exact) mass is 271 g/mol.